The van der Waals surface area contributed by atoms with Crippen molar-refractivity contribution in [3.8, 4) is 0 Å². The first kappa shape index (κ1) is 25.9. The number of nitrogens with zero attached hydrogens (tertiary/aromatic N) is 3. The molecule has 0 aromatic heterocycles. The summed E-state index contributed by atoms with van der Waals surface area (Å²) in [6, 6.07) is 0. The lowest BCUT2D eigenvalue weighted by Gasteiger charge is -1.99. The highest BCUT2D eigenvalue weighted by Gasteiger charge is 1.92. The second kappa shape index (κ2) is 14.3. The lowest BCUT2D eigenvalue weighted by molar-refractivity contribution is 0.164. The minimum atomic E-state index is -0.907. The molecule has 0 saturated carbocycles. The molecule has 0 aliphatic carbocycles. The third-order valence-electron chi connectivity index (χ3n) is 1.15. The van der Waals surface area contributed by atoms with Crippen LogP contribution in [0.1, 0.15) is 0 Å². The van der Waals surface area contributed by atoms with Crippen molar-refractivity contribution in [3.63, 3.8) is 0 Å². The Morgan fingerprint density at radius 3 is 0.632 bits per heavy atom. The Hall–Kier alpha value is -1.76. The van der Waals surface area contributed by atoms with Gasteiger partial charge in [0.2, 0.25) is 0 Å². The number of hydrogen-bond acceptors (Lipinski definition) is 3. The van der Waals surface area contributed by atoms with Gasteiger partial charge in [-0.05, 0) is 0 Å². The molecule has 0 bridgehead atoms. The van der Waals surface area contributed by atoms with E-state index < -0.39 is 18.3 Å². The van der Waals surface area contributed by atoms with Crippen LogP contribution < -0.4 is 0 Å². The van der Waals surface area contributed by atoms with E-state index in [4.69, 9.17) is 15.3 Å². The van der Waals surface area contributed by atoms with Crippen molar-refractivity contribution in [1.82, 2.24) is 14.7 Å². The van der Waals surface area contributed by atoms with Crippen molar-refractivity contribution < 1.29 is 29.7 Å². The Bertz CT molecular complexity index is 228. The second-order valence-electron chi connectivity index (χ2n) is 3.53. The molecule has 0 fully saturated rings. The van der Waals surface area contributed by atoms with E-state index in [1.807, 2.05) is 0 Å². The zero-order valence-electron chi connectivity index (χ0n) is 12.1. The first-order valence-electron chi connectivity index (χ1n) is 4.64. The first-order valence-corrected chi connectivity index (χ1v) is 4.64. The smallest absolute Gasteiger partial charge is 0.406 e. The SMILES string of the molecule is CN(C)C(=O)O.CN(C)C(=O)O.CN(C)C(=O)O.P. The standard InChI is InChI=1S/3C3H7NO2.H3P/c3*1-4(2)3(5)6;/h3*1-2H3,(H,5,6);1H3. The van der Waals surface area contributed by atoms with E-state index in [0.29, 0.717) is 0 Å². The van der Waals surface area contributed by atoms with E-state index in [9.17, 15) is 14.4 Å². The lowest BCUT2D eigenvalue weighted by Crippen LogP contribution is -2.18. The van der Waals surface area contributed by atoms with Crippen LogP contribution >= 0.6 is 9.90 Å². The minimum Gasteiger partial charge on any atom is -0.465 e. The van der Waals surface area contributed by atoms with Crippen LogP contribution in [-0.2, 0) is 0 Å². The maximum absolute atomic E-state index is 9.62. The molecule has 1 unspecified atom stereocenters. The van der Waals surface area contributed by atoms with Crippen molar-refractivity contribution >= 4 is 28.2 Å². The first-order chi connectivity index (χ1) is 7.93. The van der Waals surface area contributed by atoms with Crippen LogP contribution in [0.2, 0.25) is 0 Å². The second-order valence-corrected chi connectivity index (χ2v) is 3.53. The summed E-state index contributed by atoms with van der Waals surface area (Å²) in [7, 11) is 8.85. The van der Waals surface area contributed by atoms with Crippen molar-refractivity contribution in [1.29, 1.82) is 0 Å². The van der Waals surface area contributed by atoms with E-state index in [1.165, 1.54) is 42.3 Å². The summed E-state index contributed by atoms with van der Waals surface area (Å²) in [4.78, 5) is 32.1. The molecule has 0 aromatic carbocycles. The van der Waals surface area contributed by atoms with Gasteiger partial charge in [-0.1, -0.05) is 0 Å². The number of rotatable bonds is 0. The summed E-state index contributed by atoms with van der Waals surface area (Å²) in [5, 5.41) is 23.8. The number of amides is 3. The van der Waals surface area contributed by atoms with E-state index in [0.717, 1.165) is 14.7 Å². The van der Waals surface area contributed by atoms with Gasteiger partial charge in [0.1, 0.15) is 0 Å². The maximum atomic E-state index is 9.62. The van der Waals surface area contributed by atoms with Gasteiger partial charge in [0.25, 0.3) is 0 Å². The topological polar surface area (TPSA) is 122 Å². The molecular formula is C9H24N3O6P. The fourth-order valence-electron chi connectivity index (χ4n) is 0. The normalized spacial score (nSPS) is 7.26. The minimum absolute atomic E-state index is 0. The molecule has 0 saturated heterocycles. The quantitative estimate of drug-likeness (QED) is 0.567. The monoisotopic (exact) mass is 301 g/mol. The van der Waals surface area contributed by atoms with Crippen LogP contribution in [0.25, 0.3) is 0 Å². The zero-order chi connectivity index (χ0) is 15.5. The van der Waals surface area contributed by atoms with Crippen LogP contribution in [0.4, 0.5) is 14.4 Å². The van der Waals surface area contributed by atoms with Gasteiger partial charge in [0.05, 0.1) is 0 Å². The van der Waals surface area contributed by atoms with Gasteiger partial charge >= 0.3 is 18.3 Å². The molecule has 0 aliphatic rings. The summed E-state index contributed by atoms with van der Waals surface area (Å²) in [6.07, 6.45) is -2.72. The number of hydrogen-bond donors (Lipinski definition) is 3. The van der Waals surface area contributed by atoms with E-state index in [1.54, 1.807) is 0 Å². The van der Waals surface area contributed by atoms with Gasteiger partial charge in [-0.3, -0.25) is 0 Å². The van der Waals surface area contributed by atoms with Gasteiger partial charge in [-0.2, -0.15) is 9.90 Å². The molecule has 3 N–H and O–H groups in total. The summed E-state index contributed by atoms with van der Waals surface area (Å²) in [5.74, 6) is 0. The van der Waals surface area contributed by atoms with Crippen LogP contribution in [-0.4, -0.2) is 90.6 Å². The average molecular weight is 301 g/mol. The van der Waals surface area contributed by atoms with Gasteiger partial charge in [-0.15, -0.1) is 0 Å². The molecule has 0 rings (SSSR count). The summed E-state index contributed by atoms with van der Waals surface area (Å²) >= 11 is 0. The van der Waals surface area contributed by atoms with Gasteiger partial charge in [-0.25, -0.2) is 14.4 Å². The molecule has 0 heterocycles. The van der Waals surface area contributed by atoms with Crippen molar-refractivity contribution in [2.24, 2.45) is 0 Å². The van der Waals surface area contributed by atoms with Crippen LogP contribution in [0.3, 0.4) is 0 Å². The fraction of sp³-hybridized carbons (Fsp3) is 0.667. The summed E-state index contributed by atoms with van der Waals surface area (Å²) in [6.45, 7) is 0. The Kier molecular flexibility index (Phi) is 19.5. The van der Waals surface area contributed by atoms with E-state index in [-0.39, 0.29) is 9.90 Å². The fourth-order valence-corrected chi connectivity index (χ4v) is 0. The number of carbonyl (C=O) groups is 3. The highest BCUT2D eigenvalue weighted by atomic mass is 31.0. The molecule has 0 aliphatic heterocycles. The summed E-state index contributed by atoms with van der Waals surface area (Å²) < 4.78 is 0. The molecule has 0 radical (unpaired) electrons. The Morgan fingerprint density at radius 1 is 0.579 bits per heavy atom. The molecule has 3 amide bonds. The highest BCUT2D eigenvalue weighted by Crippen LogP contribution is 1.70. The highest BCUT2D eigenvalue weighted by molar-refractivity contribution is 6.92. The average Bonchev–Trinajstić information content (AvgIpc) is 2.18. The number of carboxylic acid groups (broad SMARTS) is 3. The third kappa shape index (κ3) is 31.4. The Labute approximate surface area is 116 Å². The van der Waals surface area contributed by atoms with Crippen molar-refractivity contribution in [2.45, 2.75) is 0 Å². The van der Waals surface area contributed by atoms with Crippen LogP contribution in [0.15, 0.2) is 0 Å². The molecule has 19 heavy (non-hydrogen) atoms. The zero-order valence-corrected chi connectivity index (χ0v) is 13.5. The summed E-state index contributed by atoms with van der Waals surface area (Å²) in [5.41, 5.74) is 0. The van der Waals surface area contributed by atoms with Gasteiger partial charge < -0.3 is 30.0 Å². The lowest BCUT2D eigenvalue weighted by atomic mass is 10.9. The Morgan fingerprint density at radius 2 is 0.632 bits per heavy atom. The molecule has 1 atom stereocenters. The van der Waals surface area contributed by atoms with Crippen molar-refractivity contribution in [2.75, 3.05) is 42.3 Å². The third-order valence-corrected chi connectivity index (χ3v) is 1.15. The van der Waals surface area contributed by atoms with E-state index >= 15 is 0 Å². The van der Waals surface area contributed by atoms with Gasteiger partial charge in [0.15, 0.2) is 0 Å². The predicted molar refractivity (Wildman–Crippen MR) is 76.2 cm³/mol. The predicted octanol–water partition coefficient (Wildman–Crippen LogP) is 0.736. The van der Waals surface area contributed by atoms with E-state index in [2.05, 4.69) is 0 Å². The van der Waals surface area contributed by atoms with Crippen LogP contribution in [0.5, 0.6) is 0 Å². The molecule has 0 aromatic rings. The molecule has 10 heteroatoms. The molecule has 9 nitrogen and oxygen atoms in total. The molecule has 116 valence electrons. The Balaban J connectivity index is -0.0000000865. The molecule has 0 spiro atoms. The van der Waals surface area contributed by atoms with Gasteiger partial charge in [0, 0.05) is 42.3 Å². The van der Waals surface area contributed by atoms with Crippen molar-refractivity contribution in [3.05, 3.63) is 0 Å². The van der Waals surface area contributed by atoms with Crippen LogP contribution in [0, 0.1) is 0 Å². The maximum Gasteiger partial charge on any atom is 0.406 e. The largest absolute Gasteiger partial charge is 0.465 e. The molecular weight excluding hydrogens is 277 g/mol.